The number of hydrogen-bond donors (Lipinski definition) is 1. The molecular weight excluding hydrogens is 424 g/mol. The Labute approximate surface area is 172 Å². The summed E-state index contributed by atoms with van der Waals surface area (Å²) < 4.78 is 6.03. The van der Waals surface area contributed by atoms with E-state index in [0.717, 1.165) is 21.3 Å². The highest BCUT2D eigenvalue weighted by molar-refractivity contribution is 9.10. The first-order chi connectivity index (χ1) is 13.3. The SMILES string of the molecule is Cc1cccc(N2C[C@H](C(=O)OCC(=O)Nc3ccc(Br)cc3)CC2=O)c1C. The highest BCUT2D eigenvalue weighted by Gasteiger charge is 2.37. The van der Waals surface area contributed by atoms with E-state index in [9.17, 15) is 14.4 Å². The third kappa shape index (κ3) is 4.59. The van der Waals surface area contributed by atoms with Crippen molar-refractivity contribution in [1.82, 2.24) is 0 Å². The molecule has 1 atom stereocenters. The first kappa shape index (κ1) is 20.1. The van der Waals surface area contributed by atoms with Gasteiger partial charge in [-0.3, -0.25) is 14.4 Å². The van der Waals surface area contributed by atoms with Crippen molar-refractivity contribution in [3.8, 4) is 0 Å². The summed E-state index contributed by atoms with van der Waals surface area (Å²) >= 11 is 3.32. The summed E-state index contributed by atoms with van der Waals surface area (Å²) in [5, 5.41) is 2.66. The lowest BCUT2D eigenvalue weighted by Crippen LogP contribution is -2.28. The van der Waals surface area contributed by atoms with Crippen LogP contribution < -0.4 is 10.2 Å². The van der Waals surface area contributed by atoms with E-state index in [1.54, 1.807) is 29.2 Å². The molecule has 3 rings (SSSR count). The van der Waals surface area contributed by atoms with Crippen molar-refractivity contribution in [2.75, 3.05) is 23.4 Å². The van der Waals surface area contributed by atoms with Crippen LogP contribution >= 0.6 is 15.9 Å². The first-order valence-corrected chi connectivity index (χ1v) is 9.73. The molecule has 1 heterocycles. The van der Waals surface area contributed by atoms with Crippen molar-refractivity contribution in [2.24, 2.45) is 5.92 Å². The zero-order chi connectivity index (χ0) is 20.3. The summed E-state index contributed by atoms with van der Waals surface area (Å²) in [6.07, 6.45) is 0.0839. The van der Waals surface area contributed by atoms with E-state index in [2.05, 4.69) is 21.2 Å². The Balaban J connectivity index is 1.55. The maximum absolute atomic E-state index is 12.4. The van der Waals surface area contributed by atoms with Crippen LogP contribution in [0.15, 0.2) is 46.9 Å². The molecule has 0 unspecified atom stereocenters. The molecule has 1 aliphatic rings. The Hall–Kier alpha value is -2.67. The van der Waals surface area contributed by atoms with Crippen molar-refractivity contribution < 1.29 is 19.1 Å². The standard InChI is InChI=1S/C21H21BrN2O4/c1-13-4-3-5-18(14(13)2)24-11-15(10-20(24)26)21(27)28-12-19(25)23-17-8-6-16(22)7-9-17/h3-9,15H,10-12H2,1-2H3,(H,23,25)/t15-/m1/s1. The van der Waals surface area contributed by atoms with Crippen LogP contribution in [0.5, 0.6) is 0 Å². The molecule has 146 valence electrons. The Kier molecular flexibility index (Phi) is 6.14. The quantitative estimate of drug-likeness (QED) is 0.714. The van der Waals surface area contributed by atoms with Crippen molar-refractivity contribution >= 4 is 45.1 Å². The van der Waals surface area contributed by atoms with Crippen molar-refractivity contribution in [1.29, 1.82) is 0 Å². The van der Waals surface area contributed by atoms with Crippen molar-refractivity contribution in [3.63, 3.8) is 0 Å². The third-order valence-corrected chi connectivity index (χ3v) is 5.33. The Morgan fingerprint density at radius 3 is 2.61 bits per heavy atom. The van der Waals surface area contributed by atoms with Crippen LogP contribution in [0.2, 0.25) is 0 Å². The Morgan fingerprint density at radius 1 is 1.18 bits per heavy atom. The number of halogens is 1. The van der Waals surface area contributed by atoms with Gasteiger partial charge in [0.1, 0.15) is 0 Å². The molecule has 7 heteroatoms. The normalized spacial score (nSPS) is 16.2. The largest absolute Gasteiger partial charge is 0.455 e. The fourth-order valence-electron chi connectivity index (χ4n) is 3.11. The number of ether oxygens (including phenoxy) is 1. The molecule has 1 saturated heterocycles. The average molecular weight is 445 g/mol. The van der Waals surface area contributed by atoms with Crippen molar-refractivity contribution in [2.45, 2.75) is 20.3 Å². The van der Waals surface area contributed by atoms with Crippen LogP contribution in [0, 0.1) is 19.8 Å². The van der Waals surface area contributed by atoms with E-state index >= 15 is 0 Å². The number of nitrogens with one attached hydrogen (secondary N) is 1. The van der Waals surface area contributed by atoms with E-state index in [4.69, 9.17) is 4.74 Å². The summed E-state index contributed by atoms with van der Waals surface area (Å²) in [5.74, 6) is -1.65. The molecule has 0 saturated carbocycles. The van der Waals surface area contributed by atoms with Gasteiger partial charge in [-0.2, -0.15) is 0 Å². The number of aryl methyl sites for hydroxylation is 1. The van der Waals surface area contributed by atoms with Crippen LogP contribution in [0.25, 0.3) is 0 Å². The van der Waals surface area contributed by atoms with Crippen LogP contribution in [-0.2, 0) is 19.1 Å². The van der Waals surface area contributed by atoms with Gasteiger partial charge in [0, 0.05) is 28.8 Å². The molecular formula is C21H21BrN2O4. The van der Waals surface area contributed by atoms with Gasteiger partial charge in [0.25, 0.3) is 5.91 Å². The van der Waals surface area contributed by atoms with Gasteiger partial charge in [0.2, 0.25) is 5.91 Å². The highest BCUT2D eigenvalue weighted by Crippen LogP contribution is 2.29. The summed E-state index contributed by atoms with van der Waals surface area (Å²) in [5.41, 5.74) is 3.52. The number of nitrogens with zero attached hydrogens (tertiary/aromatic N) is 1. The Morgan fingerprint density at radius 2 is 1.89 bits per heavy atom. The van der Waals surface area contributed by atoms with Gasteiger partial charge in [0.05, 0.1) is 5.92 Å². The number of carbonyl (C=O) groups excluding carboxylic acids is 3. The number of benzene rings is 2. The molecule has 2 aromatic rings. The second-order valence-electron chi connectivity index (χ2n) is 6.79. The molecule has 0 spiro atoms. The van der Waals surface area contributed by atoms with Crippen molar-refractivity contribution in [3.05, 3.63) is 58.1 Å². The highest BCUT2D eigenvalue weighted by atomic mass is 79.9. The summed E-state index contributed by atoms with van der Waals surface area (Å²) in [7, 11) is 0. The van der Waals surface area contributed by atoms with Gasteiger partial charge in [-0.05, 0) is 55.3 Å². The zero-order valence-electron chi connectivity index (χ0n) is 15.7. The molecule has 2 amide bonds. The van der Waals surface area contributed by atoms with Crippen LogP contribution in [-0.4, -0.2) is 30.9 Å². The monoisotopic (exact) mass is 444 g/mol. The van der Waals surface area contributed by atoms with E-state index in [0.29, 0.717) is 5.69 Å². The van der Waals surface area contributed by atoms with Gasteiger partial charge >= 0.3 is 5.97 Å². The number of anilines is 2. The fraction of sp³-hybridized carbons (Fsp3) is 0.286. The minimum absolute atomic E-state index is 0.0839. The summed E-state index contributed by atoms with van der Waals surface area (Å²) in [6.45, 7) is 3.81. The number of amides is 2. The number of esters is 1. The minimum atomic E-state index is -0.576. The van der Waals surface area contributed by atoms with Gasteiger partial charge in [-0.15, -0.1) is 0 Å². The predicted octanol–water partition coefficient (Wildman–Crippen LogP) is 3.60. The first-order valence-electron chi connectivity index (χ1n) is 8.94. The molecule has 2 aromatic carbocycles. The van der Waals surface area contributed by atoms with Gasteiger partial charge in [-0.1, -0.05) is 28.1 Å². The third-order valence-electron chi connectivity index (χ3n) is 4.80. The van der Waals surface area contributed by atoms with E-state index in [-0.39, 0.29) is 25.5 Å². The number of carbonyl (C=O) groups is 3. The van der Waals surface area contributed by atoms with Crippen LogP contribution in [0.3, 0.4) is 0 Å². The lowest BCUT2D eigenvalue weighted by Gasteiger charge is -2.20. The lowest BCUT2D eigenvalue weighted by molar-refractivity contribution is -0.151. The molecule has 0 bridgehead atoms. The van der Waals surface area contributed by atoms with E-state index in [1.807, 2.05) is 32.0 Å². The molecule has 0 radical (unpaired) electrons. The minimum Gasteiger partial charge on any atom is -0.455 e. The Bertz CT molecular complexity index is 911. The fourth-order valence-corrected chi connectivity index (χ4v) is 3.38. The van der Waals surface area contributed by atoms with E-state index in [1.165, 1.54) is 0 Å². The molecule has 6 nitrogen and oxygen atoms in total. The summed E-state index contributed by atoms with van der Waals surface area (Å²) in [6, 6.07) is 12.8. The van der Waals surface area contributed by atoms with Gasteiger partial charge in [-0.25, -0.2) is 0 Å². The van der Waals surface area contributed by atoms with Gasteiger partial charge in [0.15, 0.2) is 6.61 Å². The maximum Gasteiger partial charge on any atom is 0.311 e. The van der Waals surface area contributed by atoms with Crippen LogP contribution in [0.1, 0.15) is 17.5 Å². The molecule has 0 aromatic heterocycles. The average Bonchev–Trinajstić information content (AvgIpc) is 3.05. The van der Waals surface area contributed by atoms with Crippen LogP contribution in [0.4, 0.5) is 11.4 Å². The lowest BCUT2D eigenvalue weighted by atomic mass is 10.1. The second-order valence-corrected chi connectivity index (χ2v) is 7.70. The molecule has 1 fully saturated rings. The molecule has 1 N–H and O–H groups in total. The number of hydrogen-bond acceptors (Lipinski definition) is 4. The van der Waals surface area contributed by atoms with E-state index < -0.39 is 17.8 Å². The van der Waals surface area contributed by atoms with Gasteiger partial charge < -0.3 is 15.0 Å². The zero-order valence-corrected chi connectivity index (χ0v) is 17.3. The summed E-state index contributed by atoms with van der Waals surface area (Å²) in [4.78, 5) is 38.3. The topological polar surface area (TPSA) is 75.7 Å². The number of rotatable bonds is 5. The second kappa shape index (κ2) is 8.56. The molecule has 0 aliphatic carbocycles. The smallest absolute Gasteiger partial charge is 0.311 e. The predicted molar refractivity (Wildman–Crippen MR) is 110 cm³/mol. The molecule has 1 aliphatic heterocycles. The maximum atomic E-state index is 12.4. The molecule has 28 heavy (non-hydrogen) atoms.